The van der Waals surface area contributed by atoms with Gasteiger partial charge in [-0.15, -0.1) is 0 Å². The second-order valence-electron chi connectivity index (χ2n) is 5.43. The van der Waals surface area contributed by atoms with E-state index < -0.39 is 6.10 Å². The standard InChI is InChI=1S/C18H23NO2/c1-13-7-9-16(10-8-13)19-11-17(20)12-21-18-14(2)5-4-6-15(18)3/h4-10,17,19-20H,11-12H2,1-3H3. The molecule has 2 N–H and O–H groups in total. The second-order valence-corrected chi connectivity index (χ2v) is 5.43. The van der Waals surface area contributed by atoms with Crippen LogP contribution in [0.25, 0.3) is 0 Å². The van der Waals surface area contributed by atoms with Crippen LogP contribution in [-0.2, 0) is 0 Å². The summed E-state index contributed by atoms with van der Waals surface area (Å²) in [5.41, 5.74) is 4.41. The summed E-state index contributed by atoms with van der Waals surface area (Å²) < 4.78 is 5.75. The van der Waals surface area contributed by atoms with Crippen LogP contribution in [0.2, 0.25) is 0 Å². The minimum Gasteiger partial charge on any atom is -0.490 e. The molecule has 21 heavy (non-hydrogen) atoms. The number of hydrogen-bond acceptors (Lipinski definition) is 3. The Morgan fingerprint density at radius 2 is 1.62 bits per heavy atom. The van der Waals surface area contributed by atoms with Crippen LogP contribution in [0, 0.1) is 20.8 Å². The lowest BCUT2D eigenvalue weighted by molar-refractivity contribution is 0.117. The summed E-state index contributed by atoms with van der Waals surface area (Å²) in [4.78, 5) is 0. The molecule has 2 aromatic rings. The molecule has 0 aliphatic carbocycles. The fourth-order valence-corrected chi connectivity index (χ4v) is 2.17. The van der Waals surface area contributed by atoms with Crippen LogP contribution in [0.15, 0.2) is 42.5 Å². The van der Waals surface area contributed by atoms with Crippen molar-refractivity contribution in [1.29, 1.82) is 0 Å². The molecular weight excluding hydrogens is 262 g/mol. The van der Waals surface area contributed by atoms with E-state index in [1.807, 2.05) is 56.3 Å². The highest BCUT2D eigenvalue weighted by Gasteiger charge is 2.08. The number of aryl methyl sites for hydroxylation is 3. The molecule has 2 aromatic carbocycles. The zero-order valence-corrected chi connectivity index (χ0v) is 12.9. The monoisotopic (exact) mass is 285 g/mol. The predicted molar refractivity (Wildman–Crippen MR) is 87.1 cm³/mol. The highest BCUT2D eigenvalue weighted by atomic mass is 16.5. The van der Waals surface area contributed by atoms with Crippen molar-refractivity contribution in [2.24, 2.45) is 0 Å². The molecule has 2 rings (SSSR count). The van der Waals surface area contributed by atoms with Crippen LogP contribution in [0.1, 0.15) is 16.7 Å². The fourth-order valence-electron chi connectivity index (χ4n) is 2.17. The average Bonchev–Trinajstić information content (AvgIpc) is 2.46. The smallest absolute Gasteiger partial charge is 0.125 e. The number of para-hydroxylation sites is 1. The number of aliphatic hydroxyl groups excluding tert-OH is 1. The summed E-state index contributed by atoms with van der Waals surface area (Å²) in [7, 11) is 0. The molecule has 1 atom stereocenters. The van der Waals surface area contributed by atoms with Crippen LogP contribution < -0.4 is 10.1 Å². The predicted octanol–water partition coefficient (Wildman–Crippen LogP) is 3.46. The van der Waals surface area contributed by atoms with Gasteiger partial charge in [0.05, 0.1) is 0 Å². The first-order valence-corrected chi connectivity index (χ1v) is 7.24. The first-order chi connectivity index (χ1) is 10.1. The van der Waals surface area contributed by atoms with E-state index in [9.17, 15) is 5.11 Å². The van der Waals surface area contributed by atoms with Crippen LogP contribution in [0.3, 0.4) is 0 Å². The minimum absolute atomic E-state index is 0.282. The van der Waals surface area contributed by atoms with Gasteiger partial charge in [-0.3, -0.25) is 0 Å². The quantitative estimate of drug-likeness (QED) is 0.854. The molecular formula is C18H23NO2. The number of hydrogen-bond donors (Lipinski definition) is 2. The van der Waals surface area contributed by atoms with E-state index in [0.717, 1.165) is 22.6 Å². The summed E-state index contributed by atoms with van der Waals surface area (Å²) in [5, 5.41) is 13.2. The Balaban J connectivity index is 1.82. The van der Waals surface area contributed by atoms with Crippen molar-refractivity contribution in [2.45, 2.75) is 26.9 Å². The van der Waals surface area contributed by atoms with Crippen molar-refractivity contribution in [3.63, 3.8) is 0 Å². The summed E-state index contributed by atoms with van der Waals surface area (Å²) in [6.45, 7) is 6.83. The Morgan fingerprint density at radius 3 is 2.24 bits per heavy atom. The number of anilines is 1. The third-order valence-corrected chi connectivity index (χ3v) is 3.42. The molecule has 0 radical (unpaired) electrons. The maximum atomic E-state index is 10.0. The molecule has 1 unspecified atom stereocenters. The summed E-state index contributed by atoms with van der Waals surface area (Å²) >= 11 is 0. The van der Waals surface area contributed by atoms with Gasteiger partial charge < -0.3 is 15.2 Å². The Labute approximate surface area is 126 Å². The van der Waals surface area contributed by atoms with Gasteiger partial charge >= 0.3 is 0 Å². The van der Waals surface area contributed by atoms with Gasteiger partial charge in [0, 0.05) is 12.2 Å². The molecule has 0 aromatic heterocycles. The van der Waals surface area contributed by atoms with E-state index in [-0.39, 0.29) is 6.61 Å². The zero-order valence-electron chi connectivity index (χ0n) is 12.9. The third-order valence-electron chi connectivity index (χ3n) is 3.42. The van der Waals surface area contributed by atoms with Gasteiger partial charge in [-0.2, -0.15) is 0 Å². The highest BCUT2D eigenvalue weighted by molar-refractivity contribution is 5.44. The Bertz CT molecular complexity index is 558. The van der Waals surface area contributed by atoms with Crippen molar-refractivity contribution in [1.82, 2.24) is 0 Å². The van der Waals surface area contributed by atoms with Crippen LogP contribution in [0.4, 0.5) is 5.69 Å². The molecule has 0 spiro atoms. The average molecular weight is 285 g/mol. The van der Waals surface area contributed by atoms with E-state index in [0.29, 0.717) is 6.54 Å². The van der Waals surface area contributed by atoms with E-state index in [1.54, 1.807) is 0 Å². The van der Waals surface area contributed by atoms with Gasteiger partial charge in [0.15, 0.2) is 0 Å². The number of aliphatic hydroxyl groups is 1. The molecule has 0 heterocycles. The zero-order chi connectivity index (χ0) is 15.2. The van der Waals surface area contributed by atoms with Crippen molar-refractivity contribution in [2.75, 3.05) is 18.5 Å². The molecule has 0 saturated heterocycles. The summed E-state index contributed by atoms with van der Waals surface area (Å²) in [5.74, 6) is 0.867. The maximum Gasteiger partial charge on any atom is 0.125 e. The Kier molecular flexibility index (Phi) is 5.23. The van der Waals surface area contributed by atoms with Crippen molar-refractivity contribution in [3.05, 3.63) is 59.2 Å². The van der Waals surface area contributed by atoms with Gasteiger partial charge in [-0.1, -0.05) is 35.9 Å². The summed E-state index contributed by atoms with van der Waals surface area (Å²) in [6.07, 6.45) is -0.551. The largest absolute Gasteiger partial charge is 0.490 e. The first kappa shape index (κ1) is 15.4. The Morgan fingerprint density at radius 1 is 1.00 bits per heavy atom. The van der Waals surface area contributed by atoms with Crippen LogP contribution in [-0.4, -0.2) is 24.4 Å². The highest BCUT2D eigenvalue weighted by Crippen LogP contribution is 2.22. The van der Waals surface area contributed by atoms with E-state index in [2.05, 4.69) is 12.2 Å². The van der Waals surface area contributed by atoms with Crippen LogP contribution >= 0.6 is 0 Å². The lowest BCUT2D eigenvalue weighted by atomic mass is 10.1. The van der Waals surface area contributed by atoms with Gasteiger partial charge in [0.2, 0.25) is 0 Å². The topological polar surface area (TPSA) is 41.5 Å². The molecule has 0 saturated carbocycles. The third kappa shape index (κ3) is 4.50. The lowest BCUT2D eigenvalue weighted by Gasteiger charge is -2.16. The lowest BCUT2D eigenvalue weighted by Crippen LogP contribution is -2.26. The molecule has 0 aliphatic rings. The number of rotatable bonds is 6. The molecule has 3 nitrogen and oxygen atoms in total. The number of benzene rings is 2. The van der Waals surface area contributed by atoms with Gasteiger partial charge in [0.25, 0.3) is 0 Å². The molecule has 3 heteroatoms. The SMILES string of the molecule is Cc1ccc(NCC(O)COc2c(C)cccc2C)cc1. The minimum atomic E-state index is -0.551. The second kappa shape index (κ2) is 7.14. The molecule has 0 amide bonds. The normalized spacial score (nSPS) is 12.0. The van der Waals surface area contributed by atoms with E-state index >= 15 is 0 Å². The van der Waals surface area contributed by atoms with Crippen LogP contribution in [0.5, 0.6) is 5.75 Å². The van der Waals surface area contributed by atoms with Gasteiger partial charge in [-0.25, -0.2) is 0 Å². The Hall–Kier alpha value is -2.00. The van der Waals surface area contributed by atoms with E-state index in [1.165, 1.54) is 5.56 Å². The molecule has 0 bridgehead atoms. The van der Waals surface area contributed by atoms with Crippen molar-refractivity contribution >= 4 is 5.69 Å². The van der Waals surface area contributed by atoms with E-state index in [4.69, 9.17) is 4.74 Å². The fraction of sp³-hybridized carbons (Fsp3) is 0.333. The number of ether oxygens (including phenoxy) is 1. The summed E-state index contributed by atoms with van der Waals surface area (Å²) in [6, 6.07) is 14.1. The molecule has 0 aliphatic heterocycles. The van der Waals surface area contributed by atoms with Crippen molar-refractivity contribution in [3.8, 4) is 5.75 Å². The molecule has 0 fully saturated rings. The number of nitrogens with one attached hydrogen (secondary N) is 1. The van der Waals surface area contributed by atoms with Crippen molar-refractivity contribution < 1.29 is 9.84 Å². The van der Waals surface area contributed by atoms with Gasteiger partial charge in [0.1, 0.15) is 18.5 Å². The first-order valence-electron chi connectivity index (χ1n) is 7.24. The maximum absolute atomic E-state index is 10.0. The molecule has 112 valence electrons. The van der Waals surface area contributed by atoms with Gasteiger partial charge in [-0.05, 0) is 44.0 Å².